The molecule has 0 spiro atoms. The van der Waals surface area contributed by atoms with Crippen molar-refractivity contribution < 1.29 is 18.3 Å². The molecule has 0 unspecified atom stereocenters. The smallest absolute Gasteiger partial charge is 0.243 e. The van der Waals surface area contributed by atoms with Crippen LogP contribution in [0.15, 0.2) is 27.6 Å². The molecule has 112 valence electrons. The Morgan fingerprint density at radius 3 is 2.65 bits per heavy atom. The predicted octanol–water partition coefficient (Wildman–Crippen LogP) is 0.851. The van der Waals surface area contributed by atoms with Crippen molar-refractivity contribution in [3.63, 3.8) is 0 Å². The number of sulfonamides is 1. The highest BCUT2D eigenvalue weighted by molar-refractivity contribution is 9.10. The van der Waals surface area contributed by atoms with Crippen molar-refractivity contribution in [1.82, 2.24) is 4.72 Å². The van der Waals surface area contributed by atoms with Gasteiger partial charge in [-0.25, -0.2) is 13.1 Å². The number of nitrogens with two attached hydrogens (primary N) is 1. The summed E-state index contributed by atoms with van der Waals surface area (Å²) in [6, 6.07) is 4.64. The molecule has 1 aliphatic rings. The molecule has 1 aliphatic heterocycles. The zero-order valence-electron chi connectivity index (χ0n) is 10.8. The lowest BCUT2D eigenvalue weighted by Gasteiger charge is -2.35. The van der Waals surface area contributed by atoms with E-state index in [9.17, 15) is 13.5 Å². The molecule has 8 heteroatoms. The molecule has 0 aliphatic carbocycles. The summed E-state index contributed by atoms with van der Waals surface area (Å²) < 4.78 is 33.4. The summed E-state index contributed by atoms with van der Waals surface area (Å²) in [7, 11) is -3.80. The molecule has 2 rings (SSSR count). The first-order chi connectivity index (χ1) is 9.38. The molecule has 0 aromatic heterocycles. The minimum atomic E-state index is -3.80. The highest BCUT2D eigenvalue weighted by Gasteiger charge is 2.37. The van der Waals surface area contributed by atoms with Gasteiger partial charge in [0.05, 0.1) is 17.8 Å². The van der Waals surface area contributed by atoms with Crippen molar-refractivity contribution in [3.8, 4) is 0 Å². The van der Waals surface area contributed by atoms with Crippen molar-refractivity contribution in [3.05, 3.63) is 22.7 Å². The lowest BCUT2D eigenvalue weighted by molar-refractivity contribution is 0.0223. The monoisotopic (exact) mass is 364 g/mol. The summed E-state index contributed by atoms with van der Waals surface area (Å²) >= 11 is 3.23. The van der Waals surface area contributed by atoms with Gasteiger partial charge in [-0.05, 0) is 31.0 Å². The molecule has 0 saturated carbocycles. The maximum Gasteiger partial charge on any atom is 0.243 e. The molecule has 0 amide bonds. The van der Waals surface area contributed by atoms with Gasteiger partial charge in [-0.15, -0.1) is 0 Å². The second-order valence-electron chi connectivity index (χ2n) is 4.84. The largest absolute Gasteiger partial charge is 0.398 e. The lowest BCUT2D eigenvalue weighted by atomic mass is 9.93. The van der Waals surface area contributed by atoms with E-state index in [2.05, 4.69) is 20.7 Å². The molecule has 0 radical (unpaired) electrons. The standard InChI is InChI=1S/C12H17BrN2O4S/c13-9-1-2-10(14)11(7-9)20(17,18)15-12(8-16)3-5-19-6-4-12/h1-2,7,15-16H,3-6,8,14H2. The van der Waals surface area contributed by atoms with E-state index in [1.54, 1.807) is 6.07 Å². The molecule has 1 heterocycles. The molecule has 0 bridgehead atoms. The number of ether oxygens (including phenoxy) is 1. The van der Waals surface area contributed by atoms with Gasteiger partial charge in [-0.3, -0.25) is 0 Å². The fourth-order valence-electron chi connectivity index (χ4n) is 2.14. The maximum absolute atomic E-state index is 12.5. The van der Waals surface area contributed by atoms with Crippen molar-refractivity contribution in [2.24, 2.45) is 0 Å². The van der Waals surface area contributed by atoms with Crippen LogP contribution in [0.3, 0.4) is 0 Å². The fourth-order valence-corrected chi connectivity index (χ4v) is 4.26. The van der Waals surface area contributed by atoms with Crippen LogP contribution in [0.25, 0.3) is 0 Å². The number of aliphatic hydroxyl groups excluding tert-OH is 1. The molecular weight excluding hydrogens is 348 g/mol. The molecule has 1 aromatic carbocycles. The van der Waals surface area contributed by atoms with Crippen LogP contribution in [0, 0.1) is 0 Å². The number of nitrogen functional groups attached to an aromatic ring is 1. The van der Waals surface area contributed by atoms with Crippen LogP contribution in [0.2, 0.25) is 0 Å². The molecule has 1 saturated heterocycles. The summed E-state index contributed by atoms with van der Waals surface area (Å²) in [5.41, 5.74) is 5.02. The average molecular weight is 365 g/mol. The number of halogens is 1. The number of hydrogen-bond donors (Lipinski definition) is 3. The third-order valence-corrected chi connectivity index (χ3v) is 5.50. The first kappa shape index (κ1) is 15.7. The van der Waals surface area contributed by atoms with Crippen LogP contribution in [0.4, 0.5) is 5.69 Å². The summed E-state index contributed by atoms with van der Waals surface area (Å²) in [4.78, 5) is 0.00573. The highest BCUT2D eigenvalue weighted by atomic mass is 79.9. The topological polar surface area (TPSA) is 102 Å². The Morgan fingerprint density at radius 1 is 1.40 bits per heavy atom. The van der Waals surface area contributed by atoms with Crippen LogP contribution in [-0.4, -0.2) is 38.9 Å². The minimum absolute atomic E-state index is 0.00573. The van der Waals surface area contributed by atoms with Crippen molar-refractivity contribution in [2.75, 3.05) is 25.6 Å². The van der Waals surface area contributed by atoms with Gasteiger partial charge in [0.1, 0.15) is 4.90 Å². The Kier molecular flexibility index (Phi) is 4.70. The van der Waals surface area contributed by atoms with Gasteiger partial charge >= 0.3 is 0 Å². The summed E-state index contributed by atoms with van der Waals surface area (Å²) in [6.45, 7) is 0.553. The Bertz CT molecular complexity index is 585. The van der Waals surface area contributed by atoms with Crippen LogP contribution < -0.4 is 10.5 Å². The Labute approximate surface area is 126 Å². The molecule has 1 fully saturated rings. The number of benzene rings is 1. The maximum atomic E-state index is 12.5. The molecule has 4 N–H and O–H groups in total. The Hall–Kier alpha value is -0.670. The van der Waals surface area contributed by atoms with Crippen LogP contribution in [0.5, 0.6) is 0 Å². The fraction of sp³-hybridized carbons (Fsp3) is 0.500. The van der Waals surface area contributed by atoms with Gasteiger partial charge in [-0.1, -0.05) is 15.9 Å². The van der Waals surface area contributed by atoms with E-state index in [1.807, 2.05) is 0 Å². The normalized spacial score (nSPS) is 18.9. The van der Waals surface area contributed by atoms with Gasteiger partial charge in [0, 0.05) is 17.7 Å². The van der Waals surface area contributed by atoms with Crippen molar-refractivity contribution in [1.29, 1.82) is 0 Å². The second kappa shape index (κ2) is 5.98. The zero-order valence-corrected chi connectivity index (χ0v) is 13.2. The van der Waals surface area contributed by atoms with Crippen LogP contribution >= 0.6 is 15.9 Å². The quantitative estimate of drug-likeness (QED) is 0.687. The number of aliphatic hydroxyl groups is 1. The van der Waals surface area contributed by atoms with Gasteiger partial charge in [0.25, 0.3) is 0 Å². The van der Waals surface area contributed by atoms with Gasteiger partial charge in [-0.2, -0.15) is 0 Å². The highest BCUT2D eigenvalue weighted by Crippen LogP contribution is 2.27. The third-order valence-electron chi connectivity index (χ3n) is 3.37. The summed E-state index contributed by atoms with van der Waals surface area (Å²) in [6.07, 6.45) is 0.854. The number of anilines is 1. The van der Waals surface area contributed by atoms with E-state index in [0.29, 0.717) is 30.5 Å². The van der Waals surface area contributed by atoms with Crippen molar-refractivity contribution in [2.45, 2.75) is 23.3 Å². The minimum Gasteiger partial charge on any atom is -0.398 e. The first-order valence-electron chi connectivity index (χ1n) is 6.16. The van der Waals surface area contributed by atoms with Gasteiger partial charge < -0.3 is 15.6 Å². The molecule has 20 heavy (non-hydrogen) atoms. The molecule has 1 aromatic rings. The third kappa shape index (κ3) is 3.32. The van der Waals surface area contributed by atoms with Gasteiger partial charge in [0.15, 0.2) is 0 Å². The lowest BCUT2D eigenvalue weighted by Crippen LogP contribution is -2.54. The van der Waals surface area contributed by atoms with E-state index in [4.69, 9.17) is 10.5 Å². The Morgan fingerprint density at radius 2 is 2.05 bits per heavy atom. The molecule has 6 nitrogen and oxygen atoms in total. The van der Waals surface area contributed by atoms with E-state index in [-0.39, 0.29) is 17.2 Å². The van der Waals surface area contributed by atoms with Crippen LogP contribution in [-0.2, 0) is 14.8 Å². The number of nitrogens with one attached hydrogen (secondary N) is 1. The average Bonchev–Trinajstić information content (AvgIpc) is 2.42. The van der Waals surface area contributed by atoms with E-state index in [0.717, 1.165) is 0 Å². The van der Waals surface area contributed by atoms with Crippen LogP contribution in [0.1, 0.15) is 12.8 Å². The number of rotatable bonds is 4. The van der Waals surface area contributed by atoms with E-state index in [1.165, 1.54) is 12.1 Å². The second-order valence-corrected chi connectivity index (χ2v) is 7.40. The first-order valence-corrected chi connectivity index (χ1v) is 8.44. The molecule has 0 atom stereocenters. The summed E-state index contributed by atoms with van der Waals surface area (Å²) in [5.74, 6) is 0. The van der Waals surface area contributed by atoms with Crippen molar-refractivity contribution >= 4 is 31.6 Å². The number of hydrogen-bond acceptors (Lipinski definition) is 5. The SMILES string of the molecule is Nc1ccc(Br)cc1S(=O)(=O)NC1(CO)CCOCC1. The zero-order chi connectivity index (χ0) is 14.8. The molecular formula is C12H17BrN2O4S. The van der Waals surface area contributed by atoms with E-state index >= 15 is 0 Å². The van der Waals surface area contributed by atoms with Gasteiger partial charge in [0.2, 0.25) is 10.0 Å². The Balaban J connectivity index is 2.32. The van der Waals surface area contributed by atoms with E-state index < -0.39 is 15.6 Å². The summed E-state index contributed by atoms with van der Waals surface area (Å²) in [5, 5.41) is 9.55. The predicted molar refractivity (Wildman–Crippen MR) is 78.7 cm³/mol.